The van der Waals surface area contributed by atoms with E-state index in [1.807, 2.05) is 0 Å². The molecule has 10 heavy (non-hydrogen) atoms. The fourth-order valence-corrected chi connectivity index (χ4v) is 0.876. The zero-order chi connectivity index (χ0) is 6.97. The van der Waals surface area contributed by atoms with Gasteiger partial charge in [0.15, 0.2) is 0 Å². The van der Waals surface area contributed by atoms with E-state index in [1.165, 1.54) is 0 Å². The Kier molecular flexibility index (Phi) is 1.08. The number of hydrogen-bond donors (Lipinski definition) is 0. The van der Waals surface area contributed by atoms with Gasteiger partial charge >= 0.3 is 7.32 Å². The first-order valence-corrected chi connectivity index (χ1v) is 2.94. The molecule has 1 aromatic rings. The molecular formula is C6H4BO3-. The highest BCUT2D eigenvalue weighted by Crippen LogP contribution is 2.30. The van der Waals surface area contributed by atoms with Gasteiger partial charge in [0.05, 0.1) is 0 Å². The minimum Gasteiger partial charge on any atom is -0.808 e. The van der Waals surface area contributed by atoms with Crippen LogP contribution in [-0.2, 0) is 0 Å². The predicted molar refractivity (Wildman–Crippen MR) is 33.5 cm³/mol. The molecule has 0 unspecified atom stereocenters. The van der Waals surface area contributed by atoms with Crippen LogP contribution in [0.5, 0.6) is 11.5 Å². The van der Waals surface area contributed by atoms with Crippen molar-refractivity contribution in [2.75, 3.05) is 0 Å². The van der Waals surface area contributed by atoms with E-state index in [0.717, 1.165) is 0 Å². The van der Waals surface area contributed by atoms with Crippen LogP contribution >= 0.6 is 0 Å². The summed E-state index contributed by atoms with van der Waals surface area (Å²) in [7, 11) is -1.38. The number of para-hydroxylation sites is 2. The average Bonchev–Trinajstić information content (AvgIpc) is 2.27. The second-order valence-corrected chi connectivity index (χ2v) is 1.97. The normalized spacial score (nSPS) is 13.9. The minimum absolute atomic E-state index is 0.530. The number of hydrogen-bond acceptors (Lipinski definition) is 3. The Balaban J connectivity index is 2.42. The van der Waals surface area contributed by atoms with Gasteiger partial charge in [0.25, 0.3) is 0 Å². The molecule has 0 aromatic heterocycles. The third-order valence-corrected chi connectivity index (χ3v) is 1.30. The second-order valence-electron chi connectivity index (χ2n) is 1.97. The van der Waals surface area contributed by atoms with E-state index in [0.29, 0.717) is 11.5 Å². The maximum absolute atomic E-state index is 10.5. The van der Waals surface area contributed by atoms with Crippen LogP contribution in [0.15, 0.2) is 24.3 Å². The van der Waals surface area contributed by atoms with Crippen LogP contribution in [0, 0.1) is 0 Å². The van der Waals surface area contributed by atoms with Gasteiger partial charge in [-0.05, 0) is 12.1 Å². The lowest BCUT2D eigenvalue weighted by atomic mass is 10.3. The summed E-state index contributed by atoms with van der Waals surface area (Å²) in [6, 6.07) is 6.99. The van der Waals surface area contributed by atoms with Gasteiger partial charge in [0, 0.05) is 0 Å². The van der Waals surface area contributed by atoms with Crippen molar-refractivity contribution in [1.29, 1.82) is 0 Å². The van der Waals surface area contributed by atoms with Gasteiger partial charge in [-0.3, -0.25) is 0 Å². The summed E-state index contributed by atoms with van der Waals surface area (Å²) in [5.74, 6) is 1.06. The highest BCUT2D eigenvalue weighted by molar-refractivity contribution is 6.36. The Bertz CT molecular complexity index is 226. The summed E-state index contributed by atoms with van der Waals surface area (Å²) in [6.45, 7) is 0. The maximum Gasteiger partial charge on any atom is 0.492 e. The predicted octanol–water partition coefficient (Wildman–Crippen LogP) is -0.197. The third kappa shape index (κ3) is 0.734. The highest BCUT2D eigenvalue weighted by atomic mass is 16.7. The van der Waals surface area contributed by atoms with E-state index in [1.54, 1.807) is 24.3 Å². The molecule has 2 rings (SSSR count). The Morgan fingerprint density at radius 3 is 2.10 bits per heavy atom. The Hall–Kier alpha value is -1.16. The van der Waals surface area contributed by atoms with Gasteiger partial charge in [-0.1, -0.05) is 12.1 Å². The molecule has 0 spiro atoms. The Labute approximate surface area is 58.4 Å². The van der Waals surface area contributed by atoms with E-state index < -0.39 is 7.32 Å². The first kappa shape index (κ1) is 5.62. The summed E-state index contributed by atoms with van der Waals surface area (Å²) < 4.78 is 9.46. The lowest BCUT2D eigenvalue weighted by Gasteiger charge is -2.06. The van der Waals surface area contributed by atoms with Crippen molar-refractivity contribution >= 4 is 7.32 Å². The fraction of sp³-hybridized carbons (Fsp3) is 0. The van der Waals surface area contributed by atoms with E-state index in [9.17, 15) is 5.02 Å². The summed E-state index contributed by atoms with van der Waals surface area (Å²) in [5, 5.41) is 10.5. The Morgan fingerprint density at radius 2 is 1.60 bits per heavy atom. The molecule has 50 valence electrons. The summed E-state index contributed by atoms with van der Waals surface area (Å²) in [6.07, 6.45) is 0. The van der Waals surface area contributed by atoms with Crippen molar-refractivity contribution in [3.8, 4) is 11.5 Å². The molecule has 0 atom stereocenters. The highest BCUT2D eigenvalue weighted by Gasteiger charge is 2.17. The monoisotopic (exact) mass is 135 g/mol. The average molecular weight is 135 g/mol. The first-order chi connectivity index (χ1) is 4.86. The molecule has 0 saturated heterocycles. The smallest absolute Gasteiger partial charge is 0.492 e. The minimum atomic E-state index is -1.38. The fourth-order valence-electron chi connectivity index (χ4n) is 0.876. The molecule has 0 radical (unpaired) electrons. The number of benzene rings is 1. The molecule has 1 aliphatic heterocycles. The molecular weight excluding hydrogens is 131 g/mol. The molecule has 3 nitrogen and oxygen atoms in total. The third-order valence-electron chi connectivity index (χ3n) is 1.30. The zero-order valence-corrected chi connectivity index (χ0v) is 5.11. The second kappa shape index (κ2) is 1.92. The zero-order valence-electron chi connectivity index (χ0n) is 5.11. The van der Waals surface area contributed by atoms with Gasteiger partial charge in [-0.2, -0.15) is 0 Å². The molecule has 1 aliphatic rings. The van der Waals surface area contributed by atoms with E-state index in [-0.39, 0.29) is 0 Å². The summed E-state index contributed by atoms with van der Waals surface area (Å²) >= 11 is 0. The molecule has 0 amide bonds. The lowest BCUT2D eigenvalue weighted by Crippen LogP contribution is -2.39. The van der Waals surface area contributed by atoms with Crippen molar-refractivity contribution in [1.82, 2.24) is 0 Å². The van der Waals surface area contributed by atoms with Crippen LogP contribution in [0.3, 0.4) is 0 Å². The van der Waals surface area contributed by atoms with E-state index in [2.05, 4.69) is 0 Å². The largest absolute Gasteiger partial charge is 0.808 e. The Morgan fingerprint density at radius 1 is 1.10 bits per heavy atom. The van der Waals surface area contributed by atoms with Crippen LogP contribution in [-0.4, -0.2) is 7.32 Å². The number of rotatable bonds is 0. The van der Waals surface area contributed by atoms with Crippen LogP contribution in [0.1, 0.15) is 0 Å². The molecule has 1 heterocycles. The van der Waals surface area contributed by atoms with Gasteiger partial charge in [-0.15, -0.1) is 0 Å². The molecule has 0 saturated carbocycles. The molecule has 0 fully saturated rings. The molecule has 0 aliphatic carbocycles. The van der Waals surface area contributed by atoms with Gasteiger partial charge in [0.2, 0.25) is 0 Å². The number of fused-ring (bicyclic) bond motifs is 1. The van der Waals surface area contributed by atoms with Crippen LogP contribution in [0.2, 0.25) is 0 Å². The summed E-state index contributed by atoms with van der Waals surface area (Å²) in [5.41, 5.74) is 0. The van der Waals surface area contributed by atoms with E-state index in [4.69, 9.17) is 9.31 Å². The van der Waals surface area contributed by atoms with Crippen molar-refractivity contribution in [3.63, 3.8) is 0 Å². The van der Waals surface area contributed by atoms with E-state index >= 15 is 0 Å². The van der Waals surface area contributed by atoms with Crippen molar-refractivity contribution in [2.45, 2.75) is 0 Å². The van der Waals surface area contributed by atoms with Crippen LogP contribution in [0.4, 0.5) is 0 Å². The van der Waals surface area contributed by atoms with Gasteiger partial charge < -0.3 is 14.3 Å². The van der Waals surface area contributed by atoms with Gasteiger partial charge in [-0.25, -0.2) is 0 Å². The quantitative estimate of drug-likeness (QED) is 0.462. The SMILES string of the molecule is [O-]B1Oc2ccccc2O1. The topological polar surface area (TPSA) is 41.5 Å². The van der Waals surface area contributed by atoms with Crippen LogP contribution in [0.25, 0.3) is 0 Å². The first-order valence-electron chi connectivity index (χ1n) is 2.94. The molecule has 4 heteroatoms. The molecule has 1 aromatic carbocycles. The maximum atomic E-state index is 10.5. The van der Waals surface area contributed by atoms with Crippen LogP contribution < -0.4 is 14.3 Å². The molecule has 0 N–H and O–H groups in total. The summed E-state index contributed by atoms with van der Waals surface area (Å²) in [4.78, 5) is 0. The molecule has 0 bridgehead atoms. The lowest BCUT2D eigenvalue weighted by molar-refractivity contribution is -0.231. The van der Waals surface area contributed by atoms with Gasteiger partial charge in [0.1, 0.15) is 11.5 Å². The van der Waals surface area contributed by atoms with Crippen molar-refractivity contribution in [3.05, 3.63) is 24.3 Å². The van der Waals surface area contributed by atoms with Crippen molar-refractivity contribution in [2.24, 2.45) is 0 Å². The van der Waals surface area contributed by atoms with Crippen molar-refractivity contribution < 1.29 is 14.3 Å². The standard InChI is InChI=1S/C6H4BO3/c8-7-9-5-3-1-2-4-6(5)10-7/h1-4H/q-1.